The monoisotopic (exact) mass is 389 g/mol. The van der Waals surface area contributed by atoms with E-state index in [1.165, 1.54) is 12.1 Å². The number of benzene rings is 3. The summed E-state index contributed by atoms with van der Waals surface area (Å²) in [5.74, 6) is 0. The molecule has 1 atom stereocenters. The molecule has 3 aromatic rings. The number of sulfonamides is 2. The zero-order valence-electron chi connectivity index (χ0n) is 13.7. The van der Waals surface area contributed by atoms with Gasteiger partial charge in [0.05, 0.1) is 9.79 Å². The second-order valence-electron chi connectivity index (χ2n) is 5.94. The summed E-state index contributed by atoms with van der Waals surface area (Å²) in [7, 11) is -8.75. The number of rotatable bonds is 3. The Hall–Kier alpha value is -2.26. The maximum Gasteiger partial charge on any atom is 0.280 e. The molecule has 26 heavy (non-hydrogen) atoms. The first-order chi connectivity index (χ1) is 12.3. The van der Waals surface area contributed by atoms with Crippen LogP contribution < -0.4 is 0 Å². The van der Waals surface area contributed by atoms with Gasteiger partial charge >= 0.3 is 0 Å². The summed E-state index contributed by atoms with van der Waals surface area (Å²) in [5.41, 5.74) is 0.662. The van der Waals surface area contributed by atoms with Crippen molar-refractivity contribution in [2.45, 2.75) is 22.8 Å². The molecule has 8 heteroatoms. The Balaban J connectivity index is 1.90. The first-order valence-electron chi connectivity index (χ1n) is 7.87. The van der Waals surface area contributed by atoms with Crippen LogP contribution in [0.5, 0.6) is 0 Å². The molecule has 0 saturated heterocycles. The van der Waals surface area contributed by atoms with Crippen molar-refractivity contribution in [3.63, 3.8) is 0 Å². The summed E-state index contributed by atoms with van der Waals surface area (Å²) < 4.78 is 52.1. The van der Waals surface area contributed by atoms with E-state index in [-0.39, 0.29) is 19.1 Å². The molecular weight excluding hydrogens is 374 g/mol. The highest BCUT2D eigenvalue weighted by atomic mass is 32.3. The molecule has 1 aliphatic heterocycles. The van der Waals surface area contributed by atoms with Gasteiger partial charge in [0.25, 0.3) is 20.0 Å². The van der Waals surface area contributed by atoms with E-state index in [4.69, 9.17) is 4.84 Å². The molecule has 3 aromatic carbocycles. The zero-order chi connectivity index (χ0) is 18.5. The van der Waals surface area contributed by atoms with Crippen molar-refractivity contribution in [3.8, 4) is 0 Å². The summed E-state index contributed by atoms with van der Waals surface area (Å²) in [6, 6.07) is 18.1. The molecule has 0 fully saturated rings. The van der Waals surface area contributed by atoms with E-state index >= 15 is 0 Å². The fourth-order valence-corrected chi connectivity index (χ4v) is 6.88. The minimum absolute atomic E-state index is 0.0827. The minimum Gasteiger partial charge on any atom is -0.262 e. The topological polar surface area (TPSA) is 80.8 Å². The van der Waals surface area contributed by atoms with Crippen molar-refractivity contribution >= 4 is 30.8 Å². The van der Waals surface area contributed by atoms with Crippen molar-refractivity contribution in [3.05, 3.63) is 72.3 Å². The van der Waals surface area contributed by atoms with Crippen molar-refractivity contribution in [1.82, 2.24) is 3.87 Å². The Morgan fingerprint density at radius 3 is 1.85 bits per heavy atom. The SMILES string of the molecule is CC(ON1S(=O)(=O)c2cccc3cccc(c23)S1(=O)=O)c1ccccc1. The van der Waals surface area contributed by atoms with Crippen molar-refractivity contribution in [2.75, 3.05) is 0 Å². The first-order valence-corrected chi connectivity index (χ1v) is 10.8. The lowest BCUT2D eigenvalue weighted by Crippen LogP contribution is -2.40. The fraction of sp³-hybridized carbons (Fsp3) is 0.111. The molecule has 0 saturated carbocycles. The van der Waals surface area contributed by atoms with Crippen LogP contribution in [0, 0.1) is 0 Å². The van der Waals surface area contributed by atoms with Crippen LogP contribution in [0.25, 0.3) is 10.8 Å². The standard InChI is InChI=1S/C18H15NO5S2/c1-13(14-7-3-2-4-8-14)24-19-25(20,21)16-11-5-9-15-10-6-12-17(18(15)16)26(19,22)23/h2-13H,1H3. The number of hydrogen-bond donors (Lipinski definition) is 0. The summed E-state index contributed by atoms with van der Waals surface area (Å²) >= 11 is 0. The second kappa shape index (κ2) is 5.88. The second-order valence-corrected chi connectivity index (χ2v) is 9.62. The van der Waals surface area contributed by atoms with E-state index in [9.17, 15) is 16.8 Å². The fourth-order valence-electron chi connectivity index (χ4n) is 3.02. The lowest BCUT2D eigenvalue weighted by Gasteiger charge is -2.29. The van der Waals surface area contributed by atoms with Crippen molar-refractivity contribution in [1.29, 1.82) is 0 Å². The van der Waals surface area contributed by atoms with Crippen LogP contribution in [0.1, 0.15) is 18.6 Å². The predicted octanol–water partition coefficient (Wildman–Crippen LogP) is 3.23. The maximum absolute atomic E-state index is 13.0. The van der Waals surface area contributed by atoms with E-state index in [1.54, 1.807) is 55.5 Å². The maximum atomic E-state index is 13.0. The van der Waals surface area contributed by atoms with Crippen molar-refractivity contribution < 1.29 is 21.7 Å². The van der Waals surface area contributed by atoms with E-state index in [0.717, 1.165) is 0 Å². The van der Waals surface area contributed by atoms with Gasteiger partial charge in [-0.25, -0.2) is 16.8 Å². The predicted molar refractivity (Wildman–Crippen MR) is 96.1 cm³/mol. The molecule has 1 aliphatic rings. The molecule has 0 amide bonds. The summed E-state index contributed by atoms with van der Waals surface area (Å²) in [4.78, 5) is 5.29. The van der Waals surface area contributed by atoms with Gasteiger partial charge in [0.15, 0.2) is 0 Å². The molecular formula is C18H15NO5S2. The lowest BCUT2D eigenvalue weighted by molar-refractivity contribution is -0.0681. The van der Waals surface area contributed by atoms with Gasteiger partial charge in [0.1, 0.15) is 6.10 Å². The molecule has 0 spiro atoms. The molecule has 0 aromatic heterocycles. The number of nitrogens with zero attached hydrogens (tertiary/aromatic N) is 1. The van der Waals surface area contributed by atoms with Gasteiger partial charge in [-0.15, -0.1) is 0 Å². The quantitative estimate of drug-likeness (QED) is 0.687. The van der Waals surface area contributed by atoms with Gasteiger partial charge in [0, 0.05) is 9.26 Å². The smallest absolute Gasteiger partial charge is 0.262 e. The van der Waals surface area contributed by atoms with Crippen LogP contribution in [0.4, 0.5) is 0 Å². The highest BCUT2D eigenvalue weighted by Crippen LogP contribution is 2.40. The average molecular weight is 389 g/mol. The Bertz CT molecular complexity index is 1140. The minimum atomic E-state index is -4.38. The van der Waals surface area contributed by atoms with Crippen LogP contribution in [0.2, 0.25) is 0 Å². The summed E-state index contributed by atoms with van der Waals surface area (Å²) in [5, 5.41) is 0.741. The molecule has 0 N–H and O–H groups in total. The van der Waals surface area contributed by atoms with Gasteiger partial charge in [-0.2, -0.15) is 0 Å². The van der Waals surface area contributed by atoms with Crippen molar-refractivity contribution in [2.24, 2.45) is 0 Å². The molecule has 0 bridgehead atoms. The van der Waals surface area contributed by atoms with Gasteiger partial charge in [0.2, 0.25) is 0 Å². The van der Waals surface area contributed by atoms with E-state index in [0.29, 0.717) is 10.9 Å². The van der Waals surface area contributed by atoms with Crippen LogP contribution in [0.15, 0.2) is 76.5 Å². The largest absolute Gasteiger partial charge is 0.280 e. The van der Waals surface area contributed by atoms with Crippen LogP contribution in [-0.4, -0.2) is 20.7 Å². The van der Waals surface area contributed by atoms with Crippen LogP contribution in [0.3, 0.4) is 0 Å². The first kappa shape index (κ1) is 17.2. The summed E-state index contributed by atoms with van der Waals surface area (Å²) in [6.07, 6.45) is -0.773. The third-order valence-corrected chi connectivity index (χ3v) is 8.22. The van der Waals surface area contributed by atoms with Gasteiger partial charge < -0.3 is 0 Å². The van der Waals surface area contributed by atoms with E-state index in [1.807, 2.05) is 6.07 Å². The molecule has 0 radical (unpaired) electrons. The Morgan fingerprint density at radius 1 is 0.769 bits per heavy atom. The molecule has 6 nitrogen and oxygen atoms in total. The molecule has 1 unspecified atom stereocenters. The van der Waals surface area contributed by atoms with Gasteiger partial charge in [-0.3, -0.25) is 4.84 Å². The summed E-state index contributed by atoms with van der Waals surface area (Å²) in [6.45, 7) is 1.60. The van der Waals surface area contributed by atoms with Crippen LogP contribution >= 0.6 is 0 Å². The third kappa shape index (κ3) is 2.45. The number of hydrogen-bond acceptors (Lipinski definition) is 5. The molecule has 1 heterocycles. The third-order valence-electron chi connectivity index (χ3n) is 4.29. The normalized spacial score (nSPS) is 19.3. The van der Waals surface area contributed by atoms with Crippen LogP contribution in [-0.2, 0) is 24.9 Å². The Labute approximate surface area is 151 Å². The van der Waals surface area contributed by atoms with E-state index < -0.39 is 26.2 Å². The Kier molecular flexibility index (Phi) is 3.89. The lowest BCUT2D eigenvalue weighted by atomic mass is 10.1. The van der Waals surface area contributed by atoms with E-state index in [2.05, 4.69) is 0 Å². The highest BCUT2D eigenvalue weighted by Gasteiger charge is 2.45. The van der Waals surface area contributed by atoms with Gasteiger partial charge in [-0.1, -0.05) is 54.6 Å². The molecule has 134 valence electrons. The molecule has 4 rings (SSSR count). The highest BCUT2D eigenvalue weighted by molar-refractivity contribution is 8.04. The van der Waals surface area contributed by atoms with Gasteiger partial charge in [-0.05, 0) is 30.0 Å². The Morgan fingerprint density at radius 2 is 1.31 bits per heavy atom. The average Bonchev–Trinajstić information content (AvgIpc) is 2.64. The zero-order valence-corrected chi connectivity index (χ0v) is 15.4. The molecule has 0 aliphatic carbocycles.